The summed E-state index contributed by atoms with van der Waals surface area (Å²) >= 11 is 0. The number of nitrogens with two attached hydrogens (primary N) is 1. The minimum absolute atomic E-state index is 0.0950. The molecule has 2 aliphatic rings. The second-order valence-electron chi connectivity index (χ2n) is 6.88. The van der Waals surface area contributed by atoms with E-state index in [9.17, 15) is 9.59 Å². The zero-order chi connectivity index (χ0) is 18.8. The van der Waals surface area contributed by atoms with Crippen molar-refractivity contribution in [3.8, 4) is 11.5 Å². The van der Waals surface area contributed by atoms with E-state index in [4.69, 9.17) is 15.2 Å². The molecule has 8 heteroatoms. The van der Waals surface area contributed by atoms with E-state index in [1.165, 1.54) is 0 Å². The highest BCUT2D eigenvalue weighted by Gasteiger charge is 2.20. The van der Waals surface area contributed by atoms with Gasteiger partial charge in [0.05, 0.1) is 0 Å². The monoisotopic (exact) mass is 370 g/mol. The zero-order valence-electron chi connectivity index (χ0n) is 14.9. The van der Waals surface area contributed by atoms with Crippen molar-refractivity contribution >= 4 is 5.91 Å². The van der Waals surface area contributed by atoms with Crippen molar-refractivity contribution in [3.05, 3.63) is 57.5 Å². The molecule has 1 atom stereocenters. The molecule has 0 radical (unpaired) electrons. The van der Waals surface area contributed by atoms with E-state index in [0.717, 1.165) is 30.8 Å². The highest BCUT2D eigenvalue weighted by molar-refractivity contribution is 5.93. The van der Waals surface area contributed by atoms with E-state index in [-0.39, 0.29) is 24.0 Å². The normalized spacial score (nSPS) is 18.6. The van der Waals surface area contributed by atoms with E-state index in [2.05, 4.69) is 15.2 Å². The molecule has 0 aliphatic carbocycles. The quantitative estimate of drug-likeness (QED) is 0.710. The molecular formula is C19H22N4O4. The van der Waals surface area contributed by atoms with Crippen molar-refractivity contribution < 1.29 is 14.3 Å². The number of carbonyl (C=O) groups excluding carboxylic acids is 1. The maximum absolute atomic E-state index is 12.4. The molecule has 2 aromatic rings. The first-order chi connectivity index (χ1) is 13.1. The molecule has 1 aromatic carbocycles. The summed E-state index contributed by atoms with van der Waals surface area (Å²) in [4.78, 5) is 29.6. The van der Waals surface area contributed by atoms with Crippen LogP contribution in [0.1, 0.15) is 28.0 Å². The summed E-state index contributed by atoms with van der Waals surface area (Å²) in [5.41, 5.74) is 7.25. The minimum Gasteiger partial charge on any atom is -0.454 e. The van der Waals surface area contributed by atoms with Gasteiger partial charge in [0.25, 0.3) is 11.5 Å². The van der Waals surface area contributed by atoms with Crippen molar-refractivity contribution in [2.45, 2.75) is 25.6 Å². The van der Waals surface area contributed by atoms with Crippen LogP contribution in [0.3, 0.4) is 0 Å². The van der Waals surface area contributed by atoms with Crippen LogP contribution < -0.4 is 26.1 Å². The Kier molecular flexibility index (Phi) is 4.83. The highest BCUT2D eigenvalue weighted by atomic mass is 16.7. The van der Waals surface area contributed by atoms with E-state index in [1.54, 1.807) is 18.2 Å². The number of ether oxygens (including phenoxy) is 2. The molecule has 1 amide bonds. The number of hydrogen-bond acceptors (Lipinski definition) is 6. The predicted molar refractivity (Wildman–Crippen MR) is 98.7 cm³/mol. The average molecular weight is 370 g/mol. The molecule has 8 nitrogen and oxygen atoms in total. The Morgan fingerprint density at radius 3 is 2.89 bits per heavy atom. The lowest BCUT2D eigenvalue weighted by Crippen LogP contribution is -2.31. The summed E-state index contributed by atoms with van der Waals surface area (Å²) < 4.78 is 10.6. The number of pyridine rings is 1. The van der Waals surface area contributed by atoms with Crippen LogP contribution in [0.15, 0.2) is 35.1 Å². The fourth-order valence-electron chi connectivity index (χ4n) is 3.36. The van der Waals surface area contributed by atoms with Crippen molar-refractivity contribution in [1.82, 2.24) is 15.2 Å². The molecule has 0 unspecified atom stereocenters. The van der Waals surface area contributed by atoms with Crippen LogP contribution in [-0.4, -0.2) is 41.7 Å². The van der Waals surface area contributed by atoms with Crippen LogP contribution in [0, 0.1) is 0 Å². The summed E-state index contributed by atoms with van der Waals surface area (Å²) in [6.07, 6.45) is 0.963. The second kappa shape index (κ2) is 7.42. The summed E-state index contributed by atoms with van der Waals surface area (Å²) in [6.45, 7) is 2.86. The SMILES string of the molecule is N[C@H]1CCN(Cc2ccc(C(=O)NCc3ccc4c(c3)OCO4)c(=O)[nH]2)C1. The fraction of sp³-hybridized carbons (Fsp3) is 0.368. The lowest BCUT2D eigenvalue weighted by molar-refractivity contribution is 0.0949. The van der Waals surface area contributed by atoms with Gasteiger partial charge >= 0.3 is 0 Å². The van der Waals surface area contributed by atoms with Crippen LogP contribution in [0.4, 0.5) is 0 Å². The molecule has 4 rings (SSSR count). The molecule has 0 spiro atoms. The summed E-state index contributed by atoms with van der Waals surface area (Å²) in [7, 11) is 0. The van der Waals surface area contributed by atoms with Gasteiger partial charge in [-0.05, 0) is 36.2 Å². The molecule has 2 aliphatic heterocycles. The van der Waals surface area contributed by atoms with Crippen LogP contribution in [0.5, 0.6) is 11.5 Å². The Bertz CT molecular complexity index is 911. The van der Waals surface area contributed by atoms with E-state index < -0.39 is 5.91 Å². The third kappa shape index (κ3) is 3.96. The summed E-state index contributed by atoms with van der Waals surface area (Å²) in [6, 6.07) is 9.01. The first-order valence-electron chi connectivity index (χ1n) is 8.95. The van der Waals surface area contributed by atoms with Gasteiger partial charge in [-0.3, -0.25) is 14.5 Å². The number of benzene rings is 1. The van der Waals surface area contributed by atoms with Crippen molar-refractivity contribution in [2.75, 3.05) is 19.9 Å². The molecule has 27 heavy (non-hydrogen) atoms. The van der Waals surface area contributed by atoms with Gasteiger partial charge < -0.3 is 25.5 Å². The number of aromatic nitrogens is 1. The number of nitrogens with one attached hydrogen (secondary N) is 2. The van der Waals surface area contributed by atoms with E-state index >= 15 is 0 Å². The van der Waals surface area contributed by atoms with Gasteiger partial charge in [0.15, 0.2) is 11.5 Å². The van der Waals surface area contributed by atoms with Gasteiger partial charge in [0.1, 0.15) is 5.56 Å². The summed E-state index contributed by atoms with van der Waals surface area (Å²) in [5, 5.41) is 2.76. The lowest BCUT2D eigenvalue weighted by atomic mass is 10.2. The maximum atomic E-state index is 12.4. The molecule has 142 valence electrons. The number of amides is 1. The Balaban J connectivity index is 1.37. The highest BCUT2D eigenvalue weighted by Crippen LogP contribution is 2.32. The Morgan fingerprint density at radius 1 is 1.26 bits per heavy atom. The first kappa shape index (κ1) is 17.6. The molecule has 1 aromatic heterocycles. The molecule has 1 fully saturated rings. The van der Waals surface area contributed by atoms with Crippen molar-refractivity contribution in [1.29, 1.82) is 0 Å². The smallest absolute Gasteiger partial charge is 0.261 e. The summed E-state index contributed by atoms with van der Waals surface area (Å²) in [5.74, 6) is 0.935. The van der Waals surface area contributed by atoms with Crippen molar-refractivity contribution in [2.24, 2.45) is 5.73 Å². The van der Waals surface area contributed by atoms with Gasteiger partial charge in [0.2, 0.25) is 6.79 Å². The van der Waals surface area contributed by atoms with Crippen LogP contribution in [0.25, 0.3) is 0 Å². The number of carbonyl (C=O) groups is 1. The number of H-pyrrole nitrogens is 1. The van der Waals surface area contributed by atoms with Crippen molar-refractivity contribution in [3.63, 3.8) is 0 Å². The van der Waals surface area contributed by atoms with Gasteiger partial charge in [-0.2, -0.15) is 0 Å². The zero-order valence-corrected chi connectivity index (χ0v) is 14.9. The Morgan fingerprint density at radius 2 is 2.11 bits per heavy atom. The number of nitrogens with zero attached hydrogens (tertiary/aromatic N) is 1. The molecule has 0 bridgehead atoms. The minimum atomic E-state index is -0.413. The standard InChI is InChI=1S/C19H22N4O4/c20-13-5-6-23(9-13)10-14-2-3-15(19(25)22-14)18(24)21-8-12-1-4-16-17(7-12)27-11-26-16/h1-4,7,13H,5-6,8-11,20H2,(H,21,24)(H,22,25)/t13-/m0/s1. The van der Waals surface area contributed by atoms with Gasteiger partial charge in [-0.1, -0.05) is 6.07 Å². The Labute approximate surface area is 156 Å². The largest absolute Gasteiger partial charge is 0.454 e. The molecule has 3 heterocycles. The average Bonchev–Trinajstić information content (AvgIpc) is 3.28. The lowest BCUT2D eigenvalue weighted by Gasteiger charge is -2.15. The number of aromatic amines is 1. The van der Waals surface area contributed by atoms with Gasteiger partial charge in [-0.25, -0.2) is 0 Å². The van der Waals surface area contributed by atoms with Gasteiger partial charge in [-0.15, -0.1) is 0 Å². The van der Waals surface area contributed by atoms with Crippen LogP contribution in [-0.2, 0) is 13.1 Å². The number of fused-ring (bicyclic) bond motifs is 1. The second-order valence-corrected chi connectivity index (χ2v) is 6.88. The number of likely N-dealkylation sites (tertiary alicyclic amines) is 1. The van der Waals surface area contributed by atoms with Crippen LogP contribution >= 0.6 is 0 Å². The topological polar surface area (TPSA) is 110 Å². The third-order valence-electron chi connectivity index (χ3n) is 4.81. The van der Waals surface area contributed by atoms with E-state index in [0.29, 0.717) is 24.6 Å². The molecular weight excluding hydrogens is 348 g/mol. The molecule has 1 saturated heterocycles. The van der Waals surface area contributed by atoms with E-state index in [1.807, 2.05) is 12.1 Å². The third-order valence-corrected chi connectivity index (χ3v) is 4.81. The van der Waals surface area contributed by atoms with Crippen LogP contribution in [0.2, 0.25) is 0 Å². The number of hydrogen-bond donors (Lipinski definition) is 3. The Hall–Kier alpha value is -2.84. The molecule has 4 N–H and O–H groups in total. The number of rotatable bonds is 5. The first-order valence-corrected chi connectivity index (χ1v) is 8.95. The maximum Gasteiger partial charge on any atom is 0.261 e. The predicted octanol–water partition coefficient (Wildman–Crippen LogP) is 0.567. The molecule has 0 saturated carbocycles. The van der Waals surface area contributed by atoms with Gasteiger partial charge in [0, 0.05) is 37.9 Å². The fourth-order valence-corrected chi connectivity index (χ4v) is 3.36.